The Kier molecular flexibility index (Phi) is 8.55. The van der Waals surface area contributed by atoms with E-state index in [4.69, 9.17) is 9.16 Å². The quantitative estimate of drug-likeness (QED) is 0.194. The maximum absolute atomic E-state index is 13.2. The number of rotatable bonds is 7. The molecule has 180 valence electrons. The zero-order valence-corrected chi connectivity index (χ0v) is 22.3. The number of hydrogen-bond donors (Lipinski definition) is 0. The van der Waals surface area contributed by atoms with Crippen molar-refractivity contribution in [1.29, 1.82) is 0 Å². The van der Waals surface area contributed by atoms with Crippen LogP contribution in [-0.2, 0) is 18.8 Å². The van der Waals surface area contributed by atoms with Crippen LogP contribution in [0.5, 0.6) is 5.75 Å². The maximum Gasteiger partial charge on any atom is 0.330 e. The summed E-state index contributed by atoms with van der Waals surface area (Å²) < 4.78 is 16.4. The number of nitrogens with zero attached hydrogens (tertiary/aromatic N) is 1. The zero-order chi connectivity index (χ0) is 25.0. The van der Waals surface area contributed by atoms with Crippen molar-refractivity contribution in [2.45, 2.75) is 70.9 Å². The van der Waals surface area contributed by atoms with E-state index in [1.165, 1.54) is 13.2 Å². The molecule has 2 rings (SSSR count). The van der Waals surface area contributed by atoms with E-state index in [0.717, 1.165) is 11.3 Å². The molecule has 1 aromatic carbocycles. The van der Waals surface area contributed by atoms with E-state index in [9.17, 15) is 9.59 Å². The molecule has 0 bridgehead atoms. The lowest BCUT2D eigenvalue weighted by Gasteiger charge is -2.51. The molecule has 0 N–H and O–H groups in total. The summed E-state index contributed by atoms with van der Waals surface area (Å²) in [7, 11) is 0.884. The minimum Gasteiger partial charge on any atom is -0.497 e. The van der Waals surface area contributed by atoms with Crippen LogP contribution in [0.4, 0.5) is 0 Å². The fraction of sp³-hybridized carbons (Fsp3) is 0.538. The number of methoxy groups -OCH3 is 2. The molecule has 1 aromatic rings. The van der Waals surface area contributed by atoms with E-state index in [2.05, 4.69) is 50.4 Å². The molecule has 1 fully saturated rings. The van der Waals surface area contributed by atoms with E-state index in [-0.39, 0.29) is 35.1 Å². The highest BCUT2D eigenvalue weighted by Crippen LogP contribution is 2.40. The van der Waals surface area contributed by atoms with Gasteiger partial charge in [0.15, 0.2) is 8.32 Å². The molecule has 0 spiro atoms. The van der Waals surface area contributed by atoms with Crippen molar-refractivity contribution in [2.24, 2.45) is 5.92 Å². The van der Waals surface area contributed by atoms with Crippen molar-refractivity contribution < 1.29 is 23.5 Å². The van der Waals surface area contributed by atoms with Gasteiger partial charge in [-0.1, -0.05) is 38.7 Å². The molecule has 1 heterocycles. The predicted octanol–water partition coefficient (Wildman–Crippen LogP) is 4.40. The number of likely N-dealkylation sites (tertiary alicyclic amines) is 1. The standard InChI is InChI=1S/C26H37NO5Si/c1-18(10-17-23(28)31-7)27-22(16-13-20-11-14-21(30-6)15-12-20)24(25(27)29)19(2)32-33(8,9)26(3,4)5/h10-12,14-15,17-19,22,24H,1-9H3/b17-10+/t18-,19+,22?,24+/m0/s1. The van der Waals surface area contributed by atoms with Crippen molar-refractivity contribution in [3.63, 3.8) is 0 Å². The third-order valence-corrected chi connectivity index (χ3v) is 11.2. The summed E-state index contributed by atoms with van der Waals surface area (Å²) in [4.78, 5) is 26.5. The van der Waals surface area contributed by atoms with Crippen molar-refractivity contribution in [3.05, 3.63) is 42.0 Å². The molecular formula is C26H37NO5Si. The van der Waals surface area contributed by atoms with E-state index in [0.29, 0.717) is 0 Å². The SMILES string of the molecule is COC(=O)/C=C/[C@H](C)N1C(=O)[C@H]([C@@H](C)O[Si](C)(C)C(C)(C)C)C1C#Cc1ccc(OC)cc1. The van der Waals surface area contributed by atoms with Crippen LogP contribution < -0.4 is 4.74 Å². The third kappa shape index (κ3) is 6.27. The van der Waals surface area contributed by atoms with Crippen LogP contribution in [0.1, 0.15) is 40.2 Å². The van der Waals surface area contributed by atoms with E-state index in [1.54, 1.807) is 18.1 Å². The molecule has 0 radical (unpaired) electrons. The van der Waals surface area contributed by atoms with Gasteiger partial charge in [0, 0.05) is 17.7 Å². The molecule has 1 aliphatic heterocycles. The summed E-state index contributed by atoms with van der Waals surface area (Å²) in [6.07, 6.45) is 2.75. The number of benzene rings is 1. The first-order valence-electron chi connectivity index (χ1n) is 11.2. The second-order valence-corrected chi connectivity index (χ2v) is 14.7. The lowest BCUT2D eigenvalue weighted by molar-refractivity contribution is -0.160. The summed E-state index contributed by atoms with van der Waals surface area (Å²) in [5, 5.41) is 0.0363. The Morgan fingerprint density at radius 2 is 1.76 bits per heavy atom. The van der Waals surface area contributed by atoms with Crippen LogP contribution in [-0.4, -0.2) is 57.5 Å². The largest absolute Gasteiger partial charge is 0.497 e. The molecule has 0 saturated carbocycles. The fourth-order valence-electron chi connectivity index (χ4n) is 3.53. The van der Waals surface area contributed by atoms with Gasteiger partial charge in [0.05, 0.1) is 26.2 Å². The number of carbonyl (C=O) groups is 2. The molecule has 4 atom stereocenters. The van der Waals surface area contributed by atoms with Gasteiger partial charge in [-0.2, -0.15) is 0 Å². The molecule has 0 aromatic heterocycles. The highest BCUT2D eigenvalue weighted by molar-refractivity contribution is 6.74. The van der Waals surface area contributed by atoms with Crippen molar-refractivity contribution in [3.8, 4) is 17.6 Å². The Morgan fingerprint density at radius 3 is 2.27 bits per heavy atom. The Morgan fingerprint density at radius 1 is 1.15 bits per heavy atom. The topological polar surface area (TPSA) is 65.1 Å². The second-order valence-electron chi connectivity index (χ2n) is 9.92. The highest BCUT2D eigenvalue weighted by atomic mass is 28.4. The van der Waals surface area contributed by atoms with Crippen LogP contribution >= 0.6 is 0 Å². The van der Waals surface area contributed by atoms with Crippen LogP contribution in [0.15, 0.2) is 36.4 Å². The first kappa shape index (κ1) is 26.7. The van der Waals surface area contributed by atoms with E-state index < -0.39 is 14.3 Å². The number of carbonyl (C=O) groups excluding carboxylic acids is 2. The van der Waals surface area contributed by atoms with Crippen molar-refractivity contribution in [2.75, 3.05) is 14.2 Å². The number of hydrogen-bond acceptors (Lipinski definition) is 5. The van der Waals surface area contributed by atoms with Crippen LogP contribution in [0.25, 0.3) is 0 Å². The number of amides is 1. The monoisotopic (exact) mass is 471 g/mol. The van der Waals surface area contributed by atoms with Crippen molar-refractivity contribution >= 4 is 20.2 Å². The van der Waals surface area contributed by atoms with Crippen LogP contribution in [0.3, 0.4) is 0 Å². The van der Waals surface area contributed by atoms with Gasteiger partial charge in [-0.3, -0.25) is 4.79 Å². The van der Waals surface area contributed by atoms with Crippen LogP contribution in [0.2, 0.25) is 18.1 Å². The van der Waals surface area contributed by atoms with Crippen LogP contribution in [0, 0.1) is 17.8 Å². The molecule has 33 heavy (non-hydrogen) atoms. The average Bonchev–Trinajstić information content (AvgIpc) is 2.73. The van der Waals surface area contributed by atoms with Gasteiger partial charge in [0.1, 0.15) is 11.8 Å². The van der Waals surface area contributed by atoms with Gasteiger partial charge >= 0.3 is 5.97 Å². The van der Waals surface area contributed by atoms with Gasteiger partial charge in [-0.15, -0.1) is 0 Å². The Hall–Kier alpha value is -2.56. The summed E-state index contributed by atoms with van der Waals surface area (Å²) in [5.41, 5.74) is 0.838. The molecule has 1 amide bonds. The number of ether oxygens (including phenoxy) is 2. The smallest absolute Gasteiger partial charge is 0.330 e. The van der Waals surface area contributed by atoms with Gasteiger partial charge in [-0.25, -0.2) is 4.79 Å². The summed E-state index contributed by atoms with van der Waals surface area (Å²) in [6.45, 7) is 14.8. The maximum atomic E-state index is 13.2. The molecule has 1 aliphatic rings. The van der Waals surface area contributed by atoms with E-state index >= 15 is 0 Å². The fourth-order valence-corrected chi connectivity index (χ4v) is 4.96. The average molecular weight is 472 g/mol. The molecular weight excluding hydrogens is 434 g/mol. The van der Waals surface area contributed by atoms with Crippen molar-refractivity contribution in [1.82, 2.24) is 4.90 Å². The number of β-lactam (4-membered cyclic amide) rings is 1. The highest BCUT2D eigenvalue weighted by Gasteiger charge is 2.53. The molecule has 7 heteroatoms. The summed E-state index contributed by atoms with van der Waals surface area (Å²) >= 11 is 0. The van der Waals surface area contributed by atoms with Gasteiger partial charge in [0.2, 0.25) is 5.91 Å². The van der Waals surface area contributed by atoms with E-state index in [1.807, 2.05) is 38.1 Å². The first-order valence-corrected chi connectivity index (χ1v) is 14.1. The molecule has 1 saturated heterocycles. The lowest BCUT2D eigenvalue weighted by atomic mass is 9.82. The Bertz CT molecular complexity index is 936. The molecule has 6 nitrogen and oxygen atoms in total. The third-order valence-electron chi connectivity index (χ3n) is 6.58. The first-order chi connectivity index (χ1) is 15.3. The minimum absolute atomic E-state index is 0.0164. The second kappa shape index (κ2) is 10.6. The lowest BCUT2D eigenvalue weighted by Crippen LogP contribution is -2.67. The van der Waals surface area contributed by atoms with Gasteiger partial charge in [-0.05, 0) is 56.2 Å². The van der Waals surface area contributed by atoms with Gasteiger partial charge < -0.3 is 18.8 Å². The molecule has 0 aliphatic carbocycles. The number of esters is 1. The predicted molar refractivity (Wildman–Crippen MR) is 132 cm³/mol. The Balaban J connectivity index is 2.32. The molecule has 1 unspecified atom stereocenters. The summed E-state index contributed by atoms with van der Waals surface area (Å²) in [5.74, 6) is 6.41. The Labute approximate surface area is 199 Å². The zero-order valence-electron chi connectivity index (χ0n) is 21.3. The summed E-state index contributed by atoms with van der Waals surface area (Å²) in [6, 6.07) is 6.87. The van der Waals surface area contributed by atoms with Gasteiger partial charge in [0.25, 0.3) is 0 Å². The minimum atomic E-state index is -2.06. The normalized spacial score (nSPS) is 20.5.